The van der Waals surface area contributed by atoms with Gasteiger partial charge < -0.3 is 15.2 Å². The average molecular weight is 272 g/mol. The van der Waals surface area contributed by atoms with Gasteiger partial charge in [-0.15, -0.1) is 0 Å². The molecule has 4 nitrogen and oxygen atoms in total. The molecule has 2 N–H and O–H groups in total. The minimum atomic E-state index is -0.0128. The summed E-state index contributed by atoms with van der Waals surface area (Å²) in [6, 6.07) is 0.445. The van der Waals surface area contributed by atoms with Crippen LogP contribution in [-0.4, -0.2) is 61.5 Å². The van der Waals surface area contributed by atoms with Crippen LogP contribution in [0.3, 0.4) is 0 Å². The minimum Gasteiger partial charge on any atom is -0.394 e. The van der Waals surface area contributed by atoms with Crippen LogP contribution in [0.15, 0.2) is 0 Å². The number of aliphatic hydroxyl groups is 1. The van der Waals surface area contributed by atoms with Gasteiger partial charge in [0.25, 0.3) is 0 Å². The third-order valence-electron chi connectivity index (χ3n) is 4.08. The molecule has 0 bridgehead atoms. The quantitative estimate of drug-likeness (QED) is 0.702. The molecule has 1 saturated heterocycles. The van der Waals surface area contributed by atoms with Crippen LogP contribution in [0.4, 0.5) is 0 Å². The Morgan fingerprint density at radius 1 is 1.42 bits per heavy atom. The summed E-state index contributed by atoms with van der Waals surface area (Å²) in [5.41, 5.74) is 0.302. The lowest BCUT2D eigenvalue weighted by molar-refractivity contribution is -0.0874. The highest BCUT2D eigenvalue weighted by atomic mass is 16.5. The summed E-state index contributed by atoms with van der Waals surface area (Å²) in [4.78, 5) is 2.48. The molecule has 1 fully saturated rings. The third kappa shape index (κ3) is 5.38. The number of hydrogen-bond donors (Lipinski definition) is 2. The standard InChI is InChI=1S/C15H32N2O2/c1-5-7-15(4,11-16-6-2)12-17-8-14(9-18)19-10-13(17)3/h13-14,16,18H,5-12H2,1-4H3. The maximum absolute atomic E-state index is 9.27. The van der Waals surface area contributed by atoms with Crippen molar-refractivity contribution in [1.82, 2.24) is 10.2 Å². The van der Waals surface area contributed by atoms with Gasteiger partial charge >= 0.3 is 0 Å². The molecule has 0 amide bonds. The Morgan fingerprint density at radius 2 is 2.16 bits per heavy atom. The van der Waals surface area contributed by atoms with Gasteiger partial charge in [-0.2, -0.15) is 0 Å². The van der Waals surface area contributed by atoms with E-state index in [1.165, 1.54) is 12.8 Å². The van der Waals surface area contributed by atoms with Crippen molar-refractivity contribution in [3.63, 3.8) is 0 Å². The van der Waals surface area contributed by atoms with Crippen molar-refractivity contribution in [2.45, 2.75) is 52.7 Å². The molecule has 0 aliphatic carbocycles. The van der Waals surface area contributed by atoms with Crippen LogP contribution in [0, 0.1) is 5.41 Å². The molecule has 0 radical (unpaired) electrons. The van der Waals surface area contributed by atoms with E-state index in [0.717, 1.165) is 32.8 Å². The number of nitrogens with zero attached hydrogens (tertiary/aromatic N) is 1. The summed E-state index contributed by atoms with van der Waals surface area (Å²) in [5, 5.41) is 12.8. The van der Waals surface area contributed by atoms with Crippen molar-refractivity contribution in [2.24, 2.45) is 5.41 Å². The number of morpholine rings is 1. The molecule has 0 aromatic rings. The van der Waals surface area contributed by atoms with E-state index >= 15 is 0 Å². The molecule has 0 saturated carbocycles. The topological polar surface area (TPSA) is 44.7 Å². The van der Waals surface area contributed by atoms with Gasteiger partial charge in [0.1, 0.15) is 0 Å². The summed E-state index contributed by atoms with van der Waals surface area (Å²) in [6.45, 7) is 13.9. The number of aliphatic hydroxyl groups excluding tert-OH is 1. The number of hydrogen-bond acceptors (Lipinski definition) is 4. The van der Waals surface area contributed by atoms with E-state index in [2.05, 4.69) is 37.9 Å². The molecule has 4 heteroatoms. The summed E-state index contributed by atoms with van der Waals surface area (Å²) < 4.78 is 5.62. The second-order valence-corrected chi connectivity index (χ2v) is 6.26. The highest BCUT2D eigenvalue weighted by Gasteiger charge is 2.32. The molecule has 19 heavy (non-hydrogen) atoms. The Labute approximate surface area is 118 Å². The molecule has 0 aromatic carbocycles. The monoisotopic (exact) mass is 272 g/mol. The molecule has 3 atom stereocenters. The van der Waals surface area contributed by atoms with E-state index < -0.39 is 0 Å². The molecule has 1 heterocycles. The predicted octanol–water partition coefficient (Wildman–Crippen LogP) is 1.48. The molecule has 1 rings (SSSR count). The Bertz CT molecular complexity index is 250. The van der Waals surface area contributed by atoms with Gasteiger partial charge in [-0.25, -0.2) is 0 Å². The van der Waals surface area contributed by atoms with Crippen LogP contribution in [-0.2, 0) is 4.74 Å². The van der Waals surface area contributed by atoms with Gasteiger partial charge in [0.2, 0.25) is 0 Å². The first-order valence-corrected chi connectivity index (χ1v) is 7.72. The minimum absolute atomic E-state index is 0.0128. The lowest BCUT2D eigenvalue weighted by Crippen LogP contribution is -2.54. The van der Waals surface area contributed by atoms with Crippen molar-refractivity contribution >= 4 is 0 Å². The summed E-state index contributed by atoms with van der Waals surface area (Å²) >= 11 is 0. The van der Waals surface area contributed by atoms with Crippen molar-refractivity contribution in [3.05, 3.63) is 0 Å². The molecule has 3 unspecified atom stereocenters. The zero-order chi connectivity index (χ0) is 14.3. The van der Waals surface area contributed by atoms with Crippen LogP contribution in [0.25, 0.3) is 0 Å². The first kappa shape index (κ1) is 16.9. The maximum Gasteiger partial charge on any atom is 0.0933 e. The van der Waals surface area contributed by atoms with Crippen LogP contribution in [0.1, 0.15) is 40.5 Å². The molecule has 1 aliphatic heterocycles. The van der Waals surface area contributed by atoms with Crippen LogP contribution < -0.4 is 5.32 Å². The number of nitrogens with one attached hydrogen (secondary N) is 1. The first-order valence-electron chi connectivity index (χ1n) is 7.72. The van der Waals surface area contributed by atoms with E-state index in [4.69, 9.17) is 4.74 Å². The molecule has 0 aromatic heterocycles. The van der Waals surface area contributed by atoms with Crippen molar-refractivity contribution < 1.29 is 9.84 Å². The molecule has 0 spiro atoms. The average Bonchev–Trinajstić information content (AvgIpc) is 2.39. The lowest BCUT2D eigenvalue weighted by atomic mass is 9.84. The van der Waals surface area contributed by atoms with E-state index in [0.29, 0.717) is 11.5 Å². The Balaban J connectivity index is 2.59. The van der Waals surface area contributed by atoms with Crippen LogP contribution in [0.2, 0.25) is 0 Å². The van der Waals surface area contributed by atoms with E-state index in [1.807, 2.05) is 0 Å². The predicted molar refractivity (Wildman–Crippen MR) is 79.4 cm³/mol. The number of ether oxygens (including phenoxy) is 1. The SMILES string of the molecule is CCCC(C)(CNCC)CN1CC(CO)OCC1C. The van der Waals surface area contributed by atoms with Gasteiger partial charge in [-0.05, 0) is 25.3 Å². The molecule has 1 aliphatic rings. The van der Waals surface area contributed by atoms with Gasteiger partial charge in [-0.1, -0.05) is 27.2 Å². The summed E-state index contributed by atoms with van der Waals surface area (Å²) in [5.74, 6) is 0. The molecular formula is C15H32N2O2. The fourth-order valence-electron chi connectivity index (χ4n) is 2.95. The first-order chi connectivity index (χ1) is 9.04. The normalized spacial score (nSPS) is 28.3. The Kier molecular flexibility index (Phi) is 7.29. The van der Waals surface area contributed by atoms with Gasteiger partial charge in [0.05, 0.1) is 19.3 Å². The highest BCUT2D eigenvalue weighted by molar-refractivity contribution is 4.85. The highest BCUT2D eigenvalue weighted by Crippen LogP contribution is 2.26. The fraction of sp³-hybridized carbons (Fsp3) is 1.00. The Morgan fingerprint density at radius 3 is 2.74 bits per heavy atom. The van der Waals surface area contributed by atoms with E-state index in [-0.39, 0.29) is 12.7 Å². The second kappa shape index (κ2) is 8.20. The van der Waals surface area contributed by atoms with E-state index in [9.17, 15) is 5.11 Å². The summed E-state index contributed by atoms with van der Waals surface area (Å²) in [6.07, 6.45) is 2.43. The fourth-order valence-corrected chi connectivity index (χ4v) is 2.95. The van der Waals surface area contributed by atoms with Crippen molar-refractivity contribution in [1.29, 1.82) is 0 Å². The van der Waals surface area contributed by atoms with Crippen molar-refractivity contribution in [3.8, 4) is 0 Å². The van der Waals surface area contributed by atoms with Crippen molar-refractivity contribution in [2.75, 3.05) is 39.4 Å². The largest absolute Gasteiger partial charge is 0.394 e. The zero-order valence-corrected chi connectivity index (χ0v) is 13.1. The number of rotatable bonds is 8. The second-order valence-electron chi connectivity index (χ2n) is 6.26. The smallest absolute Gasteiger partial charge is 0.0933 e. The maximum atomic E-state index is 9.27. The van der Waals surface area contributed by atoms with Gasteiger partial charge in [0, 0.05) is 25.7 Å². The van der Waals surface area contributed by atoms with Crippen LogP contribution >= 0.6 is 0 Å². The zero-order valence-electron chi connectivity index (χ0n) is 13.1. The van der Waals surface area contributed by atoms with E-state index in [1.54, 1.807) is 0 Å². The Hall–Kier alpha value is -0.160. The molecular weight excluding hydrogens is 240 g/mol. The third-order valence-corrected chi connectivity index (χ3v) is 4.08. The van der Waals surface area contributed by atoms with Gasteiger partial charge in [-0.3, -0.25) is 4.90 Å². The summed E-state index contributed by atoms with van der Waals surface area (Å²) in [7, 11) is 0. The molecule has 114 valence electrons. The lowest BCUT2D eigenvalue weighted by Gasteiger charge is -2.43. The van der Waals surface area contributed by atoms with Crippen LogP contribution in [0.5, 0.6) is 0 Å². The van der Waals surface area contributed by atoms with Gasteiger partial charge in [0.15, 0.2) is 0 Å².